The first-order chi connectivity index (χ1) is 10.6. The number of aliphatic hydroxyl groups is 1. The quantitative estimate of drug-likeness (QED) is 0.817. The van der Waals surface area contributed by atoms with E-state index in [4.69, 9.17) is 16.3 Å². The molecule has 1 saturated heterocycles. The predicted molar refractivity (Wildman–Crippen MR) is 86.0 cm³/mol. The van der Waals surface area contributed by atoms with Crippen molar-refractivity contribution in [1.82, 2.24) is 10.2 Å². The van der Waals surface area contributed by atoms with Crippen LogP contribution >= 0.6 is 11.6 Å². The molecule has 2 rings (SSSR count). The Morgan fingerprint density at radius 2 is 2.05 bits per heavy atom. The molecule has 0 spiro atoms. The second kappa shape index (κ2) is 8.36. The Morgan fingerprint density at radius 3 is 2.64 bits per heavy atom. The van der Waals surface area contributed by atoms with E-state index in [0.717, 1.165) is 18.4 Å². The number of rotatable bonds is 5. The van der Waals surface area contributed by atoms with Gasteiger partial charge >= 0.3 is 6.03 Å². The van der Waals surface area contributed by atoms with Crippen molar-refractivity contribution in [3.8, 4) is 0 Å². The first-order valence-corrected chi connectivity index (χ1v) is 7.95. The highest BCUT2D eigenvalue weighted by Gasteiger charge is 2.28. The van der Waals surface area contributed by atoms with Crippen molar-refractivity contribution in [2.45, 2.75) is 18.9 Å². The largest absolute Gasteiger partial charge is 0.388 e. The van der Waals surface area contributed by atoms with Gasteiger partial charge in [-0.25, -0.2) is 4.79 Å². The summed E-state index contributed by atoms with van der Waals surface area (Å²) >= 11 is 5.87. The highest BCUT2D eigenvalue weighted by Crippen LogP contribution is 2.31. The number of halogens is 1. The molecule has 0 aliphatic carbocycles. The molecule has 122 valence electrons. The molecule has 6 heteroatoms. The molecule has 2 N–H and O–H groups in total. The molecule has 0 unspecified atom stereocenters. The van der Waals surface area contributed by atoms with Crippen molar-refractivity contribution in [2.24, 2.45) is 5.92 Å². The molecule has 0 aromatic heterocycles. The Hall–Kier alpha value is -1.30. The van der Waals surface area contributed by atoms with Crippen molar-refractivity contribution in [3.63, 3.8) is 0 Å². The van der Waals surface area contributed by atoms with E-state index in [2.05, 4.69) is 5.32 Å². The topological polar surface area (TPSA) is 61.8 Å². The fourth-order valence-corrected chi connectivity index (χ4v) is 2.85. The zero-order valence-electron chi connectivity index (χ0n) is 12.8. The van der Waals surface area contributed by atoms with E-state index < -0.39 is 6.10 Å². The predicted octanol–water partition coefficient (Wildman–Crippen LogP) is 2.44. The van der Waals surface area contributed by atoms with Crippen LogP contribution in [0.1, 0.15) is 24.5 Å². The van der Waals surface area contributed by atoms with Crippen molar-refractivity contribution in [3.05, 3.63) is 34.9 Å². The third-order valence-corrected chi connectivity index (χ3v) is 4.32. The number of hydrogen-bond acceptors (Lipinski definition) is 3. The van der Waals surface area contributed by atoms with Crippen LogP contribution < -0.4 is 5.32 Å². The standard InChI is InChI=1S/C16H23ClN2O3/c1-22-11-8-18-16(21)19-9-6-13(7-10-19)15(20)12-2-4-14(17)5-3-12/h2-5,13,15,20H,6-11H2,1H3,(H,18,21)/t15-/m1/s1. The molecule has 1 fully saturated rings. The van der Waals surface area contributed by atoms with Gasteiger partial charge < -0.3 is 20.1 Å². The number of urea groups is 1. The van der Waals surface area contributed by atoms with Crippen LogP contribution in [0.5, 0.6) is 0 Å². The van der Waals surface area contributed by atoms with Crippen molar-refractivity contribution >= 4 is 17.6 Å². The number of carbonyl (C=O) groups excluding carboxylic acids is 1. The minimum absolute atomic E-state index is 0.0588. The lowest BCUT2D eigenvalue weighted by molar-refractivity contribution is 0.0662. The number of methoxy groups -OCH3 is 1. The van der Waals surface area contributed by atoms with Gasteiger partial charge in [-0.2, -0.15) is 0 Å². The van der Waals surface area contributed by atoms with Gasteiger partial charge in [0.1, 0.15) is 0 Å². The number of carbonyl (C=O) groups is 1. The molecule has 5 nitrogen and oxygen atoms in total. The molecule has 1 atom stereocenters. The highest BCUT2D eigenvalue weighted by molar-refractivity contribution is 6.30. The minimum Gasteiger partial charge on any atom is -0.388 e. The number of ether oxygens (including phenoxy) is 1. The summed E-state index contributed by atoms with van der Waals surface area (Å²) in [4.78, 5) is 13.7. The van der Waals surface area contributed by atoms with E-state index in [1.54, 1.807) is 24.1 Å². The Labute approximate surface area is 136 Å². The lowest BCUT2D eigenvalue weighted by Crippen LogP contribution is -2.45. The van der Waals surface area contributed by atoms with E-state index in [-0.39, 0.29) is 11.9 Å². The summed E-state index contributed by atoms with van der Waals surface area (Å²) in [6.07, 6.45) is 1.08. The fourth-order valence-electron chi connectivity index (χ4n) is 2.72. The second-order valence-corrected chi connectivity index (χ2v) is 5.98. The van der Waals surface area contributed by atoms with Crippen LogP contribution in [0.2, 0.25) is 5.02 Å². The number of nitrogens with one attached hydrogen (secondary N) is 1. The number of nitrogens with zero attached hydrogens (tertiary/aromatic N) is 1. The molecular weight excluding hydrogens is 304 g/mol. The number of likely N-dealkylation sites (tertiary alicyclic amines) is 1. The van der Waals surface area contributed by atoms with Crippen LogP contribution in [-0.4, -0.2) is 49.4 Å². The van der Waals surface area contributed by atoms with Gasteiger partial charge in [0.25, 0.3) is 0 Å². The molecule has 1 aromatic carbocycles. The molecule has 1 aromatic rings. The highest BCUT2D eigenvalue weighted by atomic mass is 35.5. The third-order valence-electron chi connectivity index (χ3n) is 4.07. The van der Waals surface area contributed by atoms with E-state index in [0.29, 0.717) is 31.3 Å². The Kier molecular flexibility index (Phi) is 6.49. The first-order valence-electron chi connectivity index (χ1n) is 7.57. The van der Waals surface area contributed by atoms with Gasteiger partial charge in [-0.1, -0.05) is 23.7 Å². The number of hydrogen-bond donors (Lipinski definition) is 2. The fraction of sp³-hybridized carbons (Fsp3) is 0.562. The summed E-state index contributed by atoms with van der Waals surface area (Å²) < 4.78 is 4.91. The van der Waals surface area contributed by atoms with Gasteiger partial charge in [0.15, 0.2) is 0 Å². The lowest BCUT2D eigenvalue weighted by atomic mass is 9.87. The van der Waals surface area contributed by atoms with E-state index in [1.165, 1.54) is 0 Å². The van der Waals surface area contributed by atoms with Gasteiger partial charge in [0, 0.05) is 31.8 Å². The zero-order valence-corrected chi connectivity index (χ0v) is 13.6. The van der Waals surface area contributed by atoms with Gasteiger partial charge in [-0.15, -0.1) is 0 Å². The van der Waals surface area contributed by atoms with Crippen molar-refractivity contribution < 1.29 is 14.6 Å². The van der Waals surface area contributed by atoms with Gasteiger partial charge in [-0.3, -0.25) is 0 Å². The molecule has 22 heavy (non-hydrogen) atoms. The maximum Gasteiger partial charge on any atom is 0.317 e. The molecule has 2 amide bonds. The summed E-state index contributed by atoms with van der Waals surface area (Å²) in [5, 5.41) is 13.9. The maximum absolute atomic E-state index is 11.9. The summed E-state index contributed by atoms with van der Waals surface area (Å²) in [5.74, 6) is 0.171. The Morgan fingerprint density at radius 1 is 1.41 bits per heavy atom. The third kappa shape index (κ3) is 4.60. The van der Waals surface area contributed by atoms with Crippen LogP contribution in [0.4, 0.5) is 4.79 Å². The van der Waals surface area contributed by atoms with Crippen LogP contribution in [0.15, 0.2) is 24.3 Å². The van der Waals surface area contributed by atoms with Crippen molar-refractivity contribution in [1.29, 1.82) is 0 Å². The van der Waals surface area contributed by atoms with Crippen LogP contribution in [0.3, 0.4) is 0 Å². The van der Waals surface area contributed by atoms with E-state index >= 15 is 0 Å². The van der Waals surface area contributed by atoms with Crippen LogP contribution in [0.25, 0.3) is 0 Å². The number of amides is 2. The van der Waals surface area contributed by atoms with Crippen LogP contribution in [0, 0.1) is 5.92 Å². The summed E-state index contributed by atoms with van der Waals surface area (Å²) in [7, 11) is 1.61. The van der Waals surface area contributed by atoms with Crippen LogP contribution in [-0.2, 0) is 4.74 Å². The maximum atomic E-state index is 11.9. The number of piperidine rings is 1. The average molecular weight is 327 g/mol. The SMILES string of the molecule is COCCNC(=O)N1CCC([C@H](O)c2ccc(Cl)cc2)CC1. The Balaban J connectivity index is 1.81. The summed E-state index contributed by atoms with van der Waals surface area (Å²) in [6.45, 7) is 2.35. The molecular formula is C16H23ClN2O3. The van der Waals surface area contributed by atoms with E-state index in [1.807, 2.05) is 12.1 Å². The lowest BCUT2D eigenvalue weighted by Gasteiger charge is -2.34. The monoisotopic (exact) mass is 326 g/mol. The molecule has 0 saturated carbocycles. The molecule has 1 heterocycles. The van der Waals surface area contributed by atoms with Gasteiger partial charge in [0.05, 0.1) is 12.7 Å². The molecule has 0 radical (unpaired) electrons. The summed E-state index contributed by atoms with van der Waals surface area (Å²) in [5.41, 5.74) is 0.882. The first kappa shape index (κ1) is 17.1. The zero-order chi connectivity index (χ0) is 15.9. The minimum atomic E-state index is -0.504. The number of aliphatic hydroxyl groups excluding tert-OH is 1. The van der Waals surface area contributed by atoms with Gasteiger partial charge in [0.2, 0.25) is 0 Å². The smallest absolute Gasteiger partial charge is 0.317 e. The summed E-state index contributed by atoms with van der Waals surface area (Å²) in [6, 6.07) is 7.24. The Bertz CT molecular complexity index is 473. The number of benzene rings is 1. The molecule has 0 bridgehead atoms. The second-order valence-electron chi connectivity index (χ2n) is 5.55. The van der Waals surface area contributed by atoms with Gasteiger partial charge in [-0.05, 0) is 36.5 Å². The molecule has 1 aliphatic rings. The molecule has 1 aliphatic heterocycles. The average Bonchev–Trinajstić information content (AvgIpc) is 2.55. The van der Waals surface area contributed by atoms with Crippen molar-refractivity contribution in [2.75, 3.05) is 33.4 Å². The van der Waals surface area contributed by atoms with E-state index in [9.17, 15) is 9.90 Å². The normalized spacial score (nSPS) is 17.3.